The Kier molecular flexibility index (Phi) is 2.63. The molecule has 2 aliphatic carbocycles. The number of rotatable bonds is 2. The van der Waals surface area contributed by atoms with Crippen molar-refractivity contribution in [2.45, 2.75) is 37.8 Å². The van der Waals surface area contributed by atoms with Gasteiger partial charge in [0.05, 0.1) is 12.1 Å². The van der Waals surface area contributed by atoms with Crippen LogP contribution >= 0.6 is 0 Å². The molecule has 1 amide bonds. The summed E-state index contributed by atoms with van der Waals surface area (Å²) in [5.41, 5.74) is 2.23. The smallest absolute Gasteiger partial charge is 0.223 e. The molecule has 0 aromatic heterocycles. The predicted molar refractivity (Wildman–Crippen MR) is 64.4 cm³/mol. The van der Waals surface area contributed by atoms with Crippen molar-refractivity contribution in [2.24, 2.45) is 5.92 Å². The summed E-state index contributed by atoms with van der Waals surface area (Å²) in [5.74, 6) is 0.284. The molecule has 17 heavy (non-hydrogen) atoms. The Morgan fingerprint density at radius 1 is 1.29 bits per heavy atom. The van der Waals surface area contributed by atoms with Crippen LogP contribution in [0.25, 0.3) is 0 Å². The van der Waals surface area contributed by atoms with Crippen molar-refractivity contribution < 1.29 is 9.90 Å². The molecule has 90 valence electrons. The zero-order valence-electron chi connectivity index (χ0n) is 9.73. The highest BCUT2D eigenvalue weighted by Crippen LogP contribution is 2.33. The quantitative estimate of drug-likeness (QED) is 0.811. The predicted octanol–water partition coefficient (Wildman–Crippen LogP) is 1.56. The van der Waals surface area contributed by atoms with E-state index in [-0.39, 0.29) is 17.9 Å². The fraction of sp³-hybridized carbons (Fsp3) is 0.500. The van der Waals surface area contributed by atoms with E-state index in [1.54, 1.807) is 0 Å². The highest BCUT2D eigenvalue weighted by molar-refractivity contribution is 5.80. The third-order valence-corrected chi connectivity index (χ3v) is 3.98. The number of aliphatic hydroxyl groups is 1. The standard InChI is InChI=1S/C14H17NO2/c16-12-8-10-4-1-2-7-11(10)13(12)15-14(17)9-5-3-6-9/h1-2,4,7,9,12-13,16H,3,5-6,8H2,(H,15,17)/t12-,13+/m1/s1. The summed E-state index contributed by atoms with van der Waals surface area (Å²) in [6, 6.07) is 7.74. The van der Waals surface area contributed by atoms with E-state index in [1.807, 2.05) is 24.3 Å². The topological polar surface area (TPSA) is 49.3 Å². The van der Waals surface area contributed by atoms with Gasteiger partial charge in [-0.1, -0.05) is 30.7 Å². The lowest BCUT2D eigenvalue weighted by Gasteiger charge is -2.27. The van der Waals surface area contributed by atoms with Gasteiger partial charge in [-0.15, -0.1) is 0 Å². The van der Waals surface area contributed by atoms with Crippen molar-refractivity contribution in [2.75, 3.05) is 0 Å². The zero-order valence-corrected chi connectivity index (χ0v) is 9.73. The zero-order chi connectivity index (χ0) is 11.8. The average Bonchev–Trinajstić information content (AvgIpc) is 2.53. The molecule has 0 spiro atoms. The van der Waals surface area contributed by atoms with E-state index in [4.69, 9.17) is 0 Å². The molecule has 3 rings (SSSR count). The van der Waals surface area contributed by atoms with Crippen LogP contribution in [-0.4, -0.2) is 17.1 Å². The summed E-state index contributed by atoms with van der Waals surface area (Å²) in [7, 11) is 0. The largest absolute Gasteiger partial charge is 0.390 e. The lowest BCUT2D eigenvalue weighted by molar-refractivity contribution is -0.128. The highest BCUT2D eigenvalue weighted by atomic mass is 16.3. The van der Waals surface area contributed by atoms with Gasteiger partial charge < -0.3 is 10.4 Å². The fourth-order valence-corrected chi connectivity index (χ4v) is 2.69. The number of carbonyl (C=O) groups excluding carboxylic acids is 1. The number of hydrogen-bond donors (Lipinski definition) is 2. The molecule has 0 unspecified atom stereocenters. The van der Waals surface area contributed by atoms with Crippen LogP contribution in [-0.2, 0) is 11.2 Å². The van der Waals surface area contributed by atoms with Gasteiger partial charge in [0.2, 0.25) is 5.91 Å². The Hall–Kier alpha value is -1.35. The van der Waals surface area contributed by atoms with Gasteiger partial charge in [-0.25, -0.2) is 0 Å². The van der Waals surface area contributed by atoms with Gasteiger partial charge in [0, 0.05) is 12.3 Å². The van der Waals surface area contributed by atoms with Gasteiger partial charge in [-0.2, -0.15) is 0 Å². The monoisotopic (exact) mass is 231 g/mol. The van der Waals surface area contributed by atoms with Crippen LogP contribution in [0.3, 0.4) is 0 Å². The molecule has 2 N–H and O–H groups in total. The minimum absolute atomic E-state index is 0.108. The van der Waals surface area contributed by atoms with Gasteiger partial charge in [0.25, 0.3) is 0 Å². The van der Waals surface area contributed by atoms with Gasteiger partial charge >= 0.3 is 0 Å². The summed E-state index contributed by atoms with van der Waals surface area (Å²) in [4.78, 5) is 11.9. The fourth-order valence-electron chi connectivity index (χ4n) is 2.69. The first-order valence-corrected chi connectivity index (χ1v) is 6.32. The van der Waals surface area contributed by atoms with E-state index in [2.05, 4.69) is 5.32 Å². The molecule has 3 nitrogen and oxygen atoms in total. The first-order chi connectivity index (χ1) is 8.25. The number of aliphatic hydroxyl groups excluding tert-OH is 1. The van der Waals surface area contributed by atoms with Crippen LogP contribution in [0.2, 0.25) is 0 Å². The highest BCUT2D eigenvalue weighted by Gasteiger charge is 2.34. The number of hydrogen-bond acceptors (Lipinski definition) is 2. The lowest BCUT2D eigenvalue weighted by atomic mass is 9.84. The Morgan fingerprint density at radius 2 is 2.06 bits per heavy atom. The van der Waals surface area contributed by atoms with E-state index in [0.717, 1.165) is 30.4 Å². The van der Waals surface area contributed by atoms with Crippen molar-refractivity contribution in [1.82, 2.24) is 5.32 Å². The van der Waals surface area contributed by atoms with Crippen LogP contribution in [0.5, 0.6) is 0 Å². The molecule has 0 saturated heterocycles. The molecular formula is C14H17NO2. The van der Waals surface area contributed by atoms with E-state index in [1.165, 1.54) is 0 Å². The van der Waals surface area contributed by atoms with Crippen LogP contribution in [0.1, 0.15) is 36.4 Å². The third kappa shape index (κ3) is 1.84. The Bertz CT molecular complexity index is 440. The lowest BCUT2D eigenvalue weighted by Crippen LogP contribution is -2.39. The van der Waals surface area contributed by atoms with Crippen LogP contribution < -0.4 is 5.32 Å². The third-order valence-electron chi connectivity index (χ3n) is 3.98. The maximum Gasteiger partial charge on any atom is 0.223 e. The molecule has 1 aromatic carbocycles. The van der Waals surface area contributed by atoms with Gasteiger partial charge in [-0.05, 0) is 24.0 Å². The summed E-state index contributed by atoms with van der Waals surface area (Å²) in [5, 5.41) is 13.0. The van der Waals surface area contributed by atoms with Gasteiger partial charge in [0.15, 0.2) is 0 Å². The van der Waals surface area contributed by atoms with Gasteiger partial charge in [0.1, 0.15) is 0 Å². The molecule has 0 radical (unpaired) electrons. The van der Waals surface area contributed by atoms with E-state index in [0.29, 0.717) is 6.42 Å². The van der Waals surface area contributed by atoms with Crippen LogP contribution in [0.4, 0.5) is 0 Å². The Morgan fingerprint density at radius 3 is 2.76 bits per heavy atom. The molecule has 1 saturated carbocycles. The second-order valence-electron chi connectivity index (χ2n) is 5.08. The van der Waals surface area contributed by atoms with Crippen LogP contribution in [0.15, 0.2) is 24.3 Å². The van der Waals surface area contributed by atoms with Crippen molar-refractivity contribution in [1.29, 1.82) is 0 Å². The molecule has 0 heterocycles. The summed E-state index contributed by atoms with van der Waals surface area (Å²) < 4.78 is 0. The molecule has 2 atom stereocenters. The minimum atomic E-state index is -0.476. The van der Waals surface area contributed by atoms with Crippen molar-refractivity contribution >= 4 is 5.91 Å². The molecular weight excluding hydrogens is 214 g/mol. The molecule has 0 bridgehead atoms. The SMILES string of the molecule is O=C(N[C@H]1c2ccccc2C[C@H]1O)C1CCC1. The second-order valence-corrected chi connectivity index (χ2v) is 5.08. The summed E-state index contributed by atoms with van der Waals surface area (Å²) in [6.45, 7) is 0. The maximum atomic E-state index is 11.9. The van der Waals surface area contributed by atoms with Crippen molar-refractivity contribution in [3.05, 3.63) is 35.4 Å². The first-order valence-electron chi connectivity index (χ1n) is 6.32. The van der Waals surface area contributed by atoms with E-state index in [9.17, 15) is 9.90 Å². The normalized spacial score (nSPS) is 27.4. The number of benzene rings is 1. The van der Waals surface area contributed by atoms with Gasteiger partial charge in [-0.3, -0.25) is 4.79 Å². The first kappa shape index (κ1) is 10.8. The summed E-state index contributed by atoms with van der Waals surface area (Å²) >= 11 is 0. The number of fused-ring (bicyclic) bond motifs is 1. The second kappa shape index (κ2) is 4.15. The van der Waals surface area contributed by atoms with E-state index >= 15 is 0 Å². The Balaban J connectivity index is 1.76. The number of nitrogens with one attached hydrogen (secondary N) is 1. The minimum Gasteiger partial charge on any atom is -0.390 e. The molecule has 0 aliphatic heterocycles. The maximum absolute atomic E-state index is 11.9. The van der Waals surface area contributed by atoms with E-state index < -0.39 is 6.10 Å². The average molecular weight is 231 g/mol. The Labute approximate surface area is 101 Å². The molecule has 1 fully saturated rings. The molecule has 1 aromatic rings. The summed E-state index contributed by atoms with van der Waals surface area (Å²) in [6.07, 6.45) is 3.32. The van der Waals surface area contributed by atoms with Crippen LogP contribution in [0, 0.1) is 5.92 Å². The molecule has 3 heteroatoms. The molecule has 2 aliphatic rings. The van der Waals surface area contributed by atoms with Crippen molar-refractivity contribution in [3.63, 3.8) is 0 Å². The number of amides is 1. The van der Waals surface area contributed by atoms with Crippen molar-refractivity contribution in [3.8, 4) is 0 Å². The number of carbonyl (C=O) groups is 1.